The van der Waals surface area contributed by atoms with Crippen LogP contribution in [0.5, 0.6) is 0 Å². The average molecular weight is 247 g/mol. The lowest BCUT2D eigenvalue weighted by Crippen LogP contribution is -2.48. The number of rotatable bonds is 7. The molecule has 0 spiro atoms. The number of hydrogen-bond acceptors (Lipinski definition) is 4. The molecule has 7 heteroatoms. The number of nitrogens with one attached hydrogen (secondary N) is 2. The molecular weight excluding hydrogens is 230 g/mol. The zero-order valence-electron chi connectivity index (χ0n) is 9.41. The zero-order chi connectivity index (χ0) is 12.6. The highest BCUT2D eigenvalue weighted by atomic mass is 32.2. The number of hydrogen-bond donors (Lipinski definition) is 3. The summed E-state index contributed by atoms with van der Waals surface area (Å²) in [5, 5.41) is 4.88. The lowest BCUT2D eigenvalue weighted by Gasteiger charge is -2.16. The smallest absolute Gasteiger partial charge is 0.243 e. The number of carbonyl (C=O) groups is 3. The third kappa shape index (κ3) is 7.10. The fraction of sp³-hybridized carbons (Fsp3) is 0.667. The summed E-state index contributed by atoms with van der Waals surface area (Å²) < 4.78 is 0. The Balaban J connectivity index is 4.19. The maximum absolute atomic E-state index is 11.5. The molecule has 0 saturated carbocycles. The summed E-state index contributed by atoms with van der Waals surface area (Å²) in [6, 6.07) is -0.607. The molecule has 3 amide bonds. The first-order valence-electron chi connectivity index (χ1n) is 4.79. The van der Waals surface area contributed by atoms with Gasteiger partial charge in [-0.25, -0.2) is 0 Å². The van der Waals surface area contributed by atoms with Crippen molar-refractivity contribution in [2.75, 3.05) is 18.6 Å². The van der Waals surface area contributed by atoms with Gasteiger partial charge >= 0.3 is 0 Å². The van der Waals surface area contributed by atoms with E-state index in [1.165, 1.54) is 6.92 Å². The lowest BCUT2D eigenvalue weighted by atomic mass is 10.2. The Hall–Kier alpha value is -1.24. The fourth-order valence-electron chi connectivity index (χ4n) is 1.05. The van der Waals surface area contributed by atoms with Crippen LogP contribution in [0.2, 0.25) is 0 Å². The summed E-state index contributed by atoms with van der Waals surface area (Å²) in [6.45, 7) is 1.13. The second-order valence-corrected chi connectivity index (χ2v) is 4.20. The van der Waals surface area contributed by atoms with E-state index in [2.05, 4.69) is 10.6 Å². The predicted octanol–water partition coefficient (Wildman–Crippen LogP) is -1.15. The lowest BCUT2D eigenvalue weighted by molar-refractivity contribution is -0.129. The summed E-state index contributed by atoms with van der Waals surface area (Å²) in [5.41, 5.74) is 4.90. The summed E-state index contributed by atoms with van der Waals surface area (Å²) in [7, 11) is 0. The molecule has 0 aromatic heterocycles. The summed E-state index contributed by atoms with van der Waals surface area (Å²) in [6.07, 6.45) is 2.43. The number of thioether (sulfide) groups is 1. The van der Waals surface area contributed by atoms with Gasteiger partial charge in [-0.15, -0.1) is 0 Å². The Bertz CT molecular complexity index is 271. The van der Waals surface area contributed by atoms with Gasteiger partial charge in [0.25, 0.3) is 0 Å². The van der Waals surface area contributed by atoms with E-state index < -0.39 is 11.9 Å². The van der Waals surface area contributed by atoms with Crippen molar-refractivity contribution in [3.8, 4) is 0 Å². The van der Waals surface area contributed by atoms with E-state index in [0.29, 0.717) is 6.42 Å². The van der Waals surface area contributed by atoms with Gasteiger partial charge in [-0.1, -0.05) is 0 Å². The standard InChI is InChI=1S/C9H17N3O3S/c1-6(13)12-7(3-4-16-2)9(15)11-5-8(10)14/h7H,3-5H2,1-2H3,(H2,10,14)(H,11,15)(H,12,13). The van der Waals surface area contributed by atoms with E-state index in [-0.39, 0.29) is 18.4 Å². The van der Waals surface area contributed by atoms with Gasteiger partial charge in [0.05, 0.1) is 6.54 Å². The Morgan fingerprint density at radius 3 is 2.44 bits per heavy atom. The molecule has 16 heavy (non-hydrogen) atoms. The number of primary amides is 1. The highest BCUT2D eigenvalue weighted by molar-refractivity contribution is 7.98. The molecule has 0 rings (SSSR count). The van der Waals surface area contributed by atoms with E-state index >= 15 is 0 Å². The third-order valence-electron chi connectivity index (χ3n) is 1.74. The van der Waals surface area contributed by atoms with Crippen molar-refractivity contribution in [3.05, 3.63) is 0 Å². The van der Waals surface area contributed by atoms with Gasteiger partial charge in [0.15, 0.2) is 0 Å². The average Bonchev–Trinajstić information content (AvgIpc) is 2.20. The molecular formula is C9H17N3O3S. The van der Waals surface area contributed by atoms with Crippen molar-refractivity contribution in [1.82, 2.24) is 10.6 Å². The second kappa shape index (κ2) is 7.98. The van der Waals surface area contributed by atoms with Crippen molar-refractivity contribution >= 4 is 29.5 Å². The first kappa shape index (κ1) is 14.8. The number of carbonyl (C=O) groups excluding carboxylic acids is 3. The molecule has 0 aromatic rings. The minimum atomic E-state index is -0.611. The van der Waals surface area contributed by atoms with Crippen LogP contribution in [0.25, 0.3) is 0 Å². The molecule has 0 radical (unpaired) electrons. The van der Waals surface area contributed by atoms with Gasteiger partial charge in [-0.3, -0.25) is 14.4 Å². The van der Waals surface area contributed by atoms with Crippen molar-refractivity contribution in [2.45, 2.75) is 19.4 Å². The van der Waals surface area contributed by atoms with Crippen molar-refractivity contribution in [2.24, 2.45) is 5.73 Å². The minimum absolute atomic E-state index is 0.214. The van der Waals surface area contributed by atoms with Crippen LogP contribution in [-0.4, -0.2) is 42.3 Å². The van der Waals surface area contributed by atoms with E-state index in [9.17, 15) is 14.4 Å². The molecule has 0 aromatic carbocycles. The number of amides is 3. The van der Waals surface area contributed by atoms with Crippen LogP contribution in [0.4, 0.5) is 0 Å². The van der Waals surface area contributed by atoms with Gasteiger partial charge < -0.3 is 16.4 Å². The largest absolute Gasteiger partial charge is 0.368 e. The van der Waals surface area contributed by atoms with Gasteiger partial charge in [-0.2, -0.15) is 11.8 Å². The van der Waals surface area contributed by atoms with Crippen LogP contribution >= 0.6 is 11.8 Å². The fourth-order valence-corrected chi connectivity index (χ4v) is 1.52. The van der Waals surface area contributed by atoms with Crippen LogP contribution in [0.15, 0.2) is 0 Å². The van der Waals surface area contributed by atoms with Gasteiger partial charge in [-0.05, 0) is 18.4 Å². The highest BCUT2D eigenvalue weighted by Gasteiger charge is 2.18. The SMILES string of the molecule is CSCCC(NC(C)=O)C(=O)NCC(N)=O. The summed E-state index contributed by atoms with van der Waals surface area (Å²) in [4.78, 5) is 32.9. The molecule has 4 N–H and O–H groups in total. The maximum Gasteiger partial charge on any atom is 0.243 e. The number of nitrogens with two attached hydrogens (primary N) is 1. The molecule has 92 valence electrons. The summed E-state index contributed by atoms with van der Waals surface area (Å²) >= 11 is 1.58. The predicted molar refractivity (Wildman–Crippen MR) is 62.8 cm³/mol. The molecule has 0 aliphatic rings. The Labute approximate surface area is 98.7 Å². The highest BCUT2D eigenvalue weighted by Crippen LogP contribution is 2.00. The molecule has 1 unspecified atom stereocenters. The van der Waals surface area contributed by atoms with Gasteiger partial charge in [0, 0.05) is 6.92 Å². The van der Waals surface area contributed by atoms with Crippen LogP contribution in [0.1, 0.15) is 13.3 Å². The third-order valence-corrected chi connectivity index (χ3v) is 2.39. The van der Waals surface area contributed by atoms with Crippen molar-refractivity contribution < 1.29 is 14.4 Å². The van der Waals surface area contributed by atoms with E-state index in [4.69, 9.17) is 5.73 Å². The molecule has 0 heterocycles. The van der Waals surface area contributed by atoms with Crippen LogP contribution in [0.3, 0.4) is 0 Å². The van der Waals surface area contributed by atoms with E-state index in [1.807, 2.05) is 6.26 Å². The Morgan fingerprint density at radius 1 is 1.38 bits per heavy atom. The van der Waals surface area contributed by atoms with Crippen molar-refractivity contribution in [3.63, 3.8) is 0 Å². The molecule has 6 nitrogen and oxygen atoms in total. The Morgan fingerprint density at radius 2 is 2.00 bits per heavy atom. The van der Waals surface area contributed by atoms with Gasteiger partial charge in [0.1, 0.15) is 6.04 Å². The molecule has 0 saturated heterocycles. The normalized spacial score (nSPS) is 11.6. The molecule has 0 bridgehead atoms. The van der Waals surface area contributed by atoms with Crippen LogP contribution in [0, 0.1) is 0 Å². The molecule has 0 aliphatic carbocycles. The monoisotopic (exact) mass is 247 g/mol. The first-order chi connectivity index (χ1) is 7.47. The van der Waals surface area contributed by atoms with Gasteiger partial charge in [0.2, 0.25) is 17.7 Å². The van der Waals surface area contributed by atoms with Crippen molar-refractivity contribution in [1.29, 1.82) is 0 Å². The topological polar surface area (TPSA) is 101 Å². The minimum Gasteiger partial charge on any atom is -0.368 e. The molecule has 0 fully saturated rings. The maximum atomic E-state index is 11.5. The van der Waals surface area contributed by atoms with E-state index in [1.54, 1.807) is 11.8 Å². The Kier molecular flexibility index (Phi) is 7.36. The summed E-state index contributed by atoms with van der Waals surface area (Å²) in [5.74, 6) is -0.530. The second-order valence-electron chi connectivity index (χ2n) is 3.22. The van der Waals surface area contributed by atoms with Crippen LogP contribution in [-0.2, 0) is 14.4 Å². The zero-order valence-corrected chi connectivity index (χ0v) is 10.2. The quantitative estimate of drug-likeness (QED) is 0.528. The molecule has 1 atom stereocenters. The molecule has 0 aliphatic heterocycles. The first-order valence-corrected chi connectivity index (χ1v) is 6.18. The van der Waals surface area contributed by atoms with Crippen LogP contribution < -0.4 is 16.4 Å². The van der Waals surface area contributed by atoms with E-state index in [0.717, 1.165) is 5.75 Å².